The van der Waals surface area contributed by atoms with Crippen molar-refractivity contribution in [3.05, 3.63) is 47.5 Å². The molecule has 0 spiro atoms. The molecule has 6 heteroatoms. The number of hydrogen-bond acceptors (Lipinski definition) is 2. The molecule has 1 heterocycles. The van der Waals surface area contributed by atoms with E-state index in [-0.39, 0.29) is 23.4 Å². The molecule has 0 saturated carbocycles. The van der Waals surface area contributed by atoms with E-state index in [1.165, 1.54) is 12.1 Å². The number of halogens is 2. The molecule has 1 N–H and O–H groups in total. The lowest BCUT2D eigenvalue weighted by Gasteiger charge is -2.12. The lowest BCUT2D eigenvalue weighted by atomic mass is 10.2. The van der Waals surface area contributed by atoms with Gasteiger partial charge < -0.3 is 5.32 Å². The maximum Gasteiger partial charge on any atom is 0.226 e. The van der Waals surface area contributed by atoms with Gasteiger partial charge in [0.2, 0.25) is 5.91 Å². The molecule has 1 unspecified atom stereocenters. The Morgan fingerprint density at radius 1 is 1.58 bits per heavy atom. The Balaban J connectivity index is 1.98. The zero-order valence-electron chi connectivity index (χ0n) is 10.3. The van der Waals surface area contributed by atoms with Gasteiger partial charge in [-0.1, -0.05) is 11.6 Å². The van der Waals surface area contributed by atoms with E-state index in [0.29, 0.717) is 5.69 Å². The van der Waals surface area contributed by atoms with Gasteiger partial charge in [0.1, 0.15) is 5.82 Å². The zero-order valence-corrected chi connectivity index (χ0v) is 11.1. The highest BCUT2D eigenvalue weighted by molar-refractivity contribution is 6.33. The summed E-state index contributed by atoms with van der Waals surface area (Å²) in [6.07, 6.45) is 3.71. The van der Waals surface area contributed by atoms with Crippen LogP contribution in [-0.2, 0) is 4.79 Å². The summed E-state index contributed by atoms with van der Waals surface area (Å²) >= 11 is 5.84. The van der Waals surface area contributed by atoms with Gasteiger partial charge in [0.25, 0.3) is 0 Å². The number of carbonyl (C=O) groups is 1. The van der Waals surface area contributed by atoms with E-state index in [1.54, 1.807) is 23.1 Å². The highest BCUT2D eigenvalue weighted by atomic mass is 35.5. The van der Waals surface area contributed by atoms with Crippen molar-refractivity contribution in [1.82, 2.24) is 9.78 Å². The van der Waals surface area contributed by atoms with E-state index in [0.717, 1.165) is 6.07 Å². The third-order valence-electron chi connectivity index (χ3n) is 2.66. The maximum absolute atomic E-state index is 12.9. The minimum atomic E-state index is -0.437. The van der Waals surface area contributed by atoms with E-state index in [2.05, 4.69) is 10.4 Å². The Kier molecular flexibility index (Phi) is 4.16. The number of carbonyl (C=O) groups excluding carboxylic acids is 1. The van der Waals surface area contributed by atoms with Gasteiger partial charge in [-0.05, 0) is 31.2 Å². The topological polar surface area (TPSA) is 46.9 Å². The number of benzene rings is 1. The van der Waals surface area contributed by atoms with Gasteiger partial charge in [-0.25, -0.2) is 4.39 Å². The molecule has 1 atom stereocenters. The molecule has 0 bridgehead atoms. The summed E-state index contributed by atoms with van der Waals surface area (Å²) in [4.78, 5) is 11.9. The highest BCUT2D eigenvalue weighted by Crippen LogP contribution is 2.23. The third-order valence-corrected chi connectivity index (χ3v) is 2.98. The molecule has 2 aromatic rings. The minimum absolute atomic E-state index is 0.0609. The van der Waals surface area contributed by atoms with Gasteiger partial charge >= 0.3 is 0 Å². The fraction of sp³-hybridized carbons (Fsp3) is 0.231. The molecule has 2 rings (SSSR count). The summed E-state index contributed by atoms with van der Waals surface area (Å²) in [6.45, 7) is 1.89. The monoisotopic (exact) mass is 281 g/mol. The lowest BCUT2D eigenvalue weighted by molar-refractivity contribution is -0.116. The van der Waals surface area contributed by atoms with Crippen molar-refractivity contribution >= 4 is 23.2 Å². The van der Waals surface area contributed by atoms with Crippen molar-refractivity contribution in [2.75, 3.05) is 5.32 Å². The number of nitrogens with zero attached hydrogens (tertiary/aromatic N) is 2. The fourth-order valence-corrected chi connectivity index (χ4v) is 1.91. The van der Waals surface area contributed by atoms with Crippen LogP contribution in [0.15, 0.2) is 36.7 Å². The Morgan fingerprint density at radius 3 is 3.00 bits per heavy atom. The van der Waals surface area contributed by atoms with Crippen molar-refractivity contribution in [2.24, 2.45) is 0 Å². The predicted octanol–water partition coefficient (Wildman–Crippen LogP) is 3.27. The van der Waals surface area contributed by atoms with Crippen LogP contribution in [0.4, 0.5) is 10.1 Å². The van der Waals surface area contributed by atoms with Gasteiger partial charge in [0.15, 0.2) is 0 Å². The molecular formula is C13H13ClFN3O. The van der Waals surface area contributed by atoms with E-state index >= 15 is 0 Å². The van der Waals surface area contributed by atoms with Crippen LogP contribution in [0.2, 0.25) is 5.02 Å². The number of hydrogen-bond donors (Lipinski definition) is 1. The van der Waals surface area contributed by atoms with Crippen LogP contribution in [0.1, 0.15) is 19.4 Å². The van der Waals surface area contributed by atoms with Gasteiger partial charge in [0, 0.05) is 18.8 Å². The summed E-state index contributed by atoms with van der Waals surface area (Å²) in [7, 11) is 0. The molecule has 0 aliphatic carbocycles. The second-order valence-corrected chi connectivity index (χ2v) is 4.62. The van der Waals surface area contributed by atoms with Crippen LogP contribution < -0.4 is 5.32 Å². The minimum Gasteiger partial charge on any atom is -0.325 e. The molecule has 0 aliphatic heterocycles. The maximum atomic E-state index is 12.9. The molecule has 0 aliphatic rings. The Hall–Kier alpha value is -1.88. The highest BCUT2D eigenvalue weighted by Gasteiger charge is 2.12. The van der Waals surface area contributed by atoms with Gasteiger partial charge in [-0.15, -0.1) is 0 Å². The first-order valence-corrected chi connectivity index (χ1v) is 6.18. The molecule has 4 nitrogen and oxygen atoms in total. The summed E-state index contributed by atoms with van der Waals surface area (Å²) in [5.74, 6) is -0.635. The van der Waals surface area contributed by atoms with E-state index < -0.39 is 5.82 Å². The normalized spacial score (nSPS) is 12.2. The largest absolute Gasteiger partial charge is 0.325 e. The summed E-state index contributed by atoms with van der Waals surface area (Å²) in [5, 5.41) is 6.90. The quantitative estimate of drug-likeness (QED) is 0.935. The van der Waals surface area contributed by atoms with Crippen molar-refractivity contribution < 1.29 is 9.18 Å². The van der Waals surface area contributed by atoms with Crippen molar-refractivity contribution in [2.45, 2.75) is 19.4 Å². The van der Waals surface area contributed by atoms with Crippen LogP contribution in [0.3, 0.4) is 0 Å². The number of rotatable bonds is 4. The molecule has 1 aromatic carbocycles. The predicted molar refractivity (Wildman–Crippen MR) is 71.6 cm³/mol. The van der Waals surface area contributed by atoms with E-state index in [1.807, 2.05) is 6.92 Å². The number of nitrogens with one attached hydrogen (secondary N) is 1. The second-order valence-electron chi connectivity index (χ2n) is 4.21. The Bertz CT molecular complexity index is 571. The molecule has 0 saturated heterocycles. The van der Waals surface area contributed by atoms with Crippen molar-refractivity contribution in [3.63, 3.8) is 0 Å². The average Bonchev–Trinajstić information content (AvgIpc) is 2.86. The summed E-state index contributed by atoms with van der Waals surface area (Å²) < 4.78 is 14.6. The Morgan fingerprint density at radius 2 is 2.37 bits per heavy atom. The summed E-state index contributed by atoms with van der Waals surface area (Å²) in [5.41, 5.74) is 0.403. The molecular weight excluding hydrogens is 269 g/mol. The smallest absolute Gasteiger partial charge is 0.226 e. The molecule has 0 fully saturated rings. The first-order valence-electron chi connectivity index (χ1n) is 5.80. The first-order chi connectivity index (χ1) is 9.06. The second kappa shape index (κ2) is 5.84. The fourth-order valence-electron chi connectivity index (χ4n) is 1.70. The SMILES string of the molecule is CC(CC(=O)Nc1ccc(F)cc1Cl)n1cccn1. The molecule has 19 heavy (non-hydrogen) atoms. The standard InChI is InChI=1S/C13H13ClFN3O/c1-9(18-6-2-5-16-18)7-13(19)17-12-4-3-10(15)8-11(12)14/h2-6,8-9H,7H2,1H3,(H,17,19). The van der Waals surface area contributed by atoms with Crippen LogP contribution in [0.5, 0.6) is 0 Å². The summed E-state index contributed by atoms with van der Waals surface area (Å²) in [6, 6.07) is 5.58. The average molecular weight is 282 g/mol. The van der Waals surface area contributed by atoms with Gasteiger partial charge in [-0.3, -0.25) is 9.48 Å². The first kappa shape index (κ1) is 13.5. The van der Waals surface area contributed by atoms with Crippen molar-refractivity contribution in [1.29, 1.82) is 0 Å². The van der Waals surface area contributed by atoms with E-state index in [9.17, 15) is 9.18 Å². The van der Waals surface area contributed by atoms with Crippen molar-refractivity contribution in [3.8, 4) is 0 Å². The lowest BCUT2D eigenvalue weighted by Crippen LogP contribution is -2.18. The number of amides is 1. The molecule has 100 valence electrons. The number of aromatic nitrogens is 2. The van der Waals surface area contributed by atoms with Crippen LogP contribution in [-0.4, -0.2) is 15.7 Å². The van der Waals surface area contributed by atoms with Crippen LogP contribution in [0, 0.1) is 5.82 Å². The molecule has 1 amide bonds. The molecule has 1 aromatic heterocycles. The van der Waals surface area contributed by atoms with Gasteiger partial charge in [-0.2, -0.15) is 5.10 Å². The third kappa shape index (κ3) is 3.54. The zero-order chi connectivity index (χ0) is 13.8. The van der Waals surface area contributed by atoms with E-state index in [4.69, 9.17) is 11.6 Å². The van der Waals surface area contributed by atoms with Gasteiger partial charge in [0.05, 0.1) is 16.8 Å². The molecule has 0 radical (unpaired) electrons. The Labute approximate surface area is 115 Å². The van der Waals surface area contributed by atoms with Crippen LogP contribution in [0.25, 0.3) is 0 Å². The number of anilines is 1. The van der Waals surface area contributed by atoms with Crippen LogP contribution >= 0.6 is 11.6 Å².